The number of thiophene rings is 1. The van der Waals surface area contributed by atoms with E-state index in [9.17, 15) is 0 Å². The summed E-state index contributed by atoms with van der Waals surface area (Å²) < 4.78 is 47.2. The van der Waals surface area contributed by atoms with Crippen molar-refractivity contribution in [3.8, 4) is 39.5 Å². The van der Waals surface area contributed by atoms with Crippen molar-refractivity contribution in [2.45, 2.75) is 26.5 Å². The van der Waals surface area contributed by atoms with E-state index in [0.717, 1.165) is 41.0 Å². The van der Waals surface area contributed by atoms with Crippen LogP contribution in [0, 0.1) is 25.2 Å². The van der Waals surface area contributed by atoms with Gasteiger partial charge in [-0.1, -0.05) is 137 Å². The van der Waals surface area contributed by atoms with Crippen LogP contribution in [-0.2, 0) is 32.9 Å². The van der Waals surface area contributed by atoms with Crippen molar-refractivity contribution in [3.63, 3.8) is 0 Å². The third-order valence-electron chi connectivity index (χ3n) is 8.99. The van der Waals surface area contributed by atoms with Crippen LogP contribution in [0.5, 0.6) is 0 Å². The first-order valence-corrected chi connectivity index (χ1v) is 17.9. The van der Waals surface area contributed by atoms with Crippen molar-refractivity contribution in [2.75, 3.05) is 0 Å². The molecule has 9 rings (SSSR count). The third kappa shape index (κ3) is 8.14. The van der Waals surface area contributed by atoms with E-state index in [4.69, 9.17) is 13.2 Å². The van der Waals surface area contributed by atoms with E-state index in [2.05, 4.69) is 148 Å². The van der Waals surface area contributed by atoms with Gasteiger partial charge in [0.2, 0.25) is 0 Å². The van der Waals surface area contributed by atoms with Crippen LogP contribution in [0.25, 0.3) is 60.6 Å². The number of nitrogens with zero attached hydrogens (tertiary/aromatic N) is 3. The van der Waals surface area contributed by atoms with Crippen molar-refractivity contribution < 1.29 is 28.3 Å². The third-order valence-corrected chi connectivity index (χ3v) is 9.87. The molecule has 0 aliphatic carbocycles. The van der Waals surface area contributed by atoms with Gasteiger partial charge in [-0.05, 0) is 71.9 Å². The van der Waals surface area contributed by atoms with Crippen molar-refractivity contribution in [2.24, 2.45) is 0 Å². The standard InChI is InChI=1S/C35H25N2S.C13H12N.Ir/c1-3-9-25(10-4-1)15-16-26-17-22-34-30(23-26)31(24-38-34)35-36-32-13-7-8-14-33(32)37(35)29-20-18-28(19-21-29)27-11-5-2-6-12-27;1-10-3-6-12(7-4-10)13-8-5-11(2)9-14-13;/h1-14,17-23H,15-16H2;3-6,8-9H,1-2H3;/q2*-1;/i;1D3,2D3;. The first kappa shape index (κ1) is 29.1. The molecule has 5 heteroatoms. The minimum absolute atomic E-state index is 0. The summed E-state index contributed by atoms with van der Waals surface area (Å²) in [6.07, 6.45) is 3.34. The number of aryl methyl sites for hydroxylation is 4. The molecule has 53 heavy (non-hydrogen) atoms. The van der Waals surface area contributed by atoms with Gasteiger partial charge in [0, 0.05) is 40.2 Å². The number of imidazole rings is 1. The van der Waals surface area contributed by atoms with Crippen molar-refractivity contribution >= 4 is 32.5 Å². The Labute approximate surface area is 337 Å². The number of benzene rings is 6. The van der Waals surface area contributed by atoms with E-state index in [1.165, 1.54) is 56.7 Å². The Bertz CT molecular complexity index is 2720. The molecule has 9 aromatic rings. The van der Waals surface area contributed by atoms with Gasteiger partial charge in [0.05, 0.1) is 16.9 Å². The van der Waals surface area contributed by atoms with E-state index in [1.807, 2.05) is 0 Å². The SMILES string of the molecule is [2H]C([2H])([2H])c1c[c-]c(-c2ccc(C([2H])([2H])[2H])cn2)cc1.[Ir].[c-]1sc2ccc(CCc3ccccc3)cc2c1-c1nc2ccccc2n1-c1ccc(-c2ccccc2)cc1. The monoisotopic (exact) mass is 886 g/mol. The Hall–Kier alpha value is -5.45. The minimum atomic E-state index is -2.18. The fraction of sp³-hybridized carbons (Fsp3) is 0.0833. The Morgan fingerprint density at radius 1 is 0.679 bits per heavy atom. The number of aromatic nitrogens is 3. The van der Waals surface area contributed by atoms with Crippen LogP contribution >= 0.6 is 11.3 Å². The average molecular weight is 886 g/mol. The van der Waals surface area contributed by atoms with Gasteiger partial charge < -0.3 is 9.55 Å². The predicted octanol–water partition coefficient (Wildman–Crippen LogP) is 12.3. The zero-order chi connectivity index (χ0) is 40.3. The molecule has 0 saturated heterocycles. The largest absolute Gasteiger partial charge is 0.333 e. The zero-order valence-electron chi connectivity index (χ0n) is 34.6. The molecule has 3 aromatic heterocycles. The molecular weight excluding hydrogens is 843 g/mol. The molecule has 261 valence electrons. The van der Waals surface area contributed by atoms with Gasteiger partial charge in [-0.3, -0.25) is 16.3 Å². The molecule has 1 radical (unpaired) electrons. The van der Waals surface area contributed by atoms with Gasteiger partial charge in [-0.25, -0.2) is 0 Å². The van der Waals surface area contributed by atoms with E-state index in [1.54, 1.807) is 23.5 Å². The zero-order valence-corrected chi connectivity index (χ0v) is 31.8. The second-order valence-electron chi connectivity index (χ2n) is 12.5. The van der Waals surface area contributed by atoms with Crippen molar-refractivity contribution in [1.82, 2.24) is 14.5 Å². The first-order valence-electron chi connectivity index (χ1n) is 20.1. The summed E-state index contributed by atoms with van der Waals surface area (Å²) in [6, 6.07) is 55.6. The van der Waals surface area contributed by atoms with Crippen LogP contribution in [0.15, 0.2) is 164 Å². The first-order chi connectivity index (χ1) is 28.0. The van der Waals surface area contributed by atoms with Crippen LogP contribution in [-0.4, -0.2) is 14.5 Å². The normalized spacial score (nSPS) is 13.0. The number of pyridine rings is 1. The summed E-state index contributed by atoms with van der Waals surface area (Å²) in [7, 11) is 0. The van der Waals surface area contributed by atoms with Gasteiger partial charge in [-0.2, -0.15) is 0 Å². The molecular formula is C48H37IrN3S-2. The molecule has 0 bridgehead atoms. The summed E-state index contributed by atoms with van der Waals surface area (Å²) >= 11 is 1.67. The predicted molar refractivity (Wildman–Crippen MR) is 218 cm³/mol. The number of hydrogen-bond acceptors (Lipinski definition) is 3. The topological polar surface area (TPSA) is 30.7 Å². The van der Waals surface area contributed by atoms with Crippen LogP contribution in [0.1, 0.15) is 30.5 Å². The van der Waals surface area contributed by atoms with E-state index in [-0.39, 0.29) is 31.2 Å². The van der Waals surface area contributed by atoms with Gasteiger partial charge >= 0.3 is 0 Å². The quantitative estimate of drug-likeness (QED) is 0.149. The fourth-order valence-electron chi connectivity index (χ4n) is 6.30. The second kappa shape index (κ2) is 16.5. The molecule has 0 aliphatic rings. The number of fused-ring (bicyclic) bond motifs is 2. The summed E-state index contributed by atoms with van der Waals surface area (Å²) in [6.45, 7) is -4.34. The number of hydrogen-bond donors (Lipinski definition) is 0. The van der Waals surface area contributed by atoms with Gasteiger partial charge in [0.1, 0.15) is 0 Å². The maximum atomic E-state index is 7.28. The Morgan fingerprint density at radius 2 is 1.40 bits per heavy atom. The Balaban J connectivity index is 0.000000214. The molecule has 6 aromatic carbocycles. The number of rotatable bonds is 7. The van der Waals surface area contributed by atoms with E-state index >= 15 is 0 Å². The average Bonchev–Trinajstić information content (AvgIpc) is 3.85. The maximum absolute atomic E-state index is 7.28. The maximum Gasteiger partial charge on any atom is 0.0774 e. The summed E-state index contributed by atoms with van der Waals surface area (Å²) in [5, 5.41) is 4.82. The number of para-hydroxylation sites is 2. The fourth-order valence-corrected chi connectivity index (χ4v) is 7.12. The molecule has 3 nitrogen and oxygen atoms in total. The van der Waals surface area contributed by atoms with Crippen molar-refractivity contribution in [3.05, 3.63) is 198 Å². The molecule has 0 spiro atoms. The second-order valence-corrected chi connectivity index (χ2v) is 13.3. The van der Waals surface area contributed by atoms with Gasteiger partial charge in [0.15, 0.2) is 0 Å². The smallest absolute Gasteiger partial charge is 0.0774 e. The summed E-state index contributed by atoms with van der Waals surface area (Å²) in [5.41, 5.74) is 10.9. The van der Waals surface area contributed by atoms with Crippen LogP contribution in [0.2, 0.25) is 0 Å². The molecule has 0 saturated carbocycles. The van der Waals surface area contributed by atoms with Crippen molar-refractivity contribution in [1.29, 1.82) is 0 Å². The van der Waals surface area contributed by atoms with Crippen LogP contribution in [0.3, 0.4) is 0 Å². The molecule has 0 amide bonds. The molecule has 0 unspecified atom stereocenters. The Morgan fingerprint density at radius 3 is 2.13 bits per heavy atom. The minimum Gasteiger partial charge on any atom is -0.333 e. The molecule has 0 aliphatic heterocycles. The molecule has 0 atom stereocenters. The Kier molecular flexibility index (Phi) is 9.04. The van der Waals surface area contributed by atoms with E-state index < -0.39 is 13.7 Å². The molecule has 3 heterocycles. The van der Waals surface area contributed by atoms with Gasteiger partial charge in [0.25, 0.3) is 0 Å². The van der Waals surface area contributed by atoms with Crippen LogP contribution in [0.4, 0.5) is 0 Å². The summed E-state index contributed by atoms with van der Waals surface area (Å²) in [5.74, 6) is 0.935. The van der Waals surface area contributed by atoms with Gasteiger partial charge in [-0.15, -0.1) is 46.8 Å². The van der Waals surface area contributed by atoms with Crippen LogP contribution < -0.4 is 0 Å². The summed E-state index contributed by atoms with van der Waals surface area (Å²) in [4.78, 5) is 9.20. The van der Waals surface area contributed by atoms with E-state index in [0.29, 0.717) is 11.3 Å². The molecule has 0 fully saturated rings. The molecule has 0 N–H and O–H groups in total.